The maximum Gasteiger partial charge on any atom is 0.303 e. The Hall–Kier alpha value is -3.04. The molecule has 0 unspecified atom stereocenters. The quantitative estimate of drug-likeness (QED) is 0.502. The zero-order valence-corrected chi connectivity index (χ0v) is 18.3. The Morgan fingerprint density at radius 3 is 2.52 bits per heavy atom. The number of aliphatic hydroxyl groups excluding tert-OH is 1. The highest BCUT2D eigenvalue weighted by Crippen LogP contribution is 2.30. The number of carbonyl (C=O) groups is 2. The Labute approximate surface area is 191 Å². The number of ether oxygens (including phenoxy) is 1. The van der Waals surface area contributed by atoms with Gasteiger partial charge < -0.3 is 20.3 Å². The molecular formula is C24H28F2N2O5. The van der Waals surface area contributed by atoms with Gasteiger partial charge in [0.1, 0.15) is 29.6 Å². The van der Waals surface area contributed by atoms with Gasteiger partial charge in [0.25, 0.3) is 0 Å². The summed E-state index contributed by atoms with van der Waals surface area (Å²) in [5, 5.41) is 22.7. The van der Waals surface area contributed by atoms with Crippen LogP contribution in [0.3, 0.4) is 0 Å². The summed E-state index contributed by atoms with van der Waals surface area (Å²) in [5.41, 5.74) is 0.826. The summed E-state index contributed by atoms with van der Waals surface area (Å²) >= 11 is 0. The molecule has 7 nitrogen and oxygen atoms in total. The van der Waals surface area contributed by atoms with Crippen LogP contribution in [0.25, 0.3) is 0 Å². The highest BCUT2D eigenvalue weighted by atomic mass is 19.1. The van der Waals surface area contributed by atoms with E-state index in [2.05, 4.69) is 5.32 Å². The van der Waals surface area contributed by atoms with Crippen molar-refractivity contribution in [3.05, 3.63) is 65.7 Å². The van der Waals surface area contributed by atoms with Crippen LogP contribution in [0.1, 0.15) is 31.2 Å². The largest absolute Gasteiger partial charge is 0.487 e. The molecule has 0 heterocycles. The van der Waals surface area contributed by atoms with Gasteiger partial charge in [-0.3, -0.25) is 14.5 Å². The minimum atomic E-state index is -0.997. The van der Waals surface area contributed by atoms with Crippen molar-refractivity contribution in [3.8, 4) is 5.75 Å². The molecule has 33 heavy (non-hydrogen) atoms. The lowest BCUT2D eigenvalue weighted by molar-refractivity contribution is -0.137. The smallest absolute Gasteiger partial charge is 0.303 e. The van der Waals surface area contributed by atoms with Gasteiger partial charge in [-0.25, -0.2) is 8.78 Å². The first-order chi connectivity index (χ1) is 15.7. The average Bonchev–Trinajstić information content (AvgIpc) is 3.04. The van der Waals surface area contributed by atoms with Gasteiger partial charge in [0.05, 0.1) is 12.1 Å². The molecule has 0 aromatic heterocycles. The number of benzene rings is 2. The van der Waals surface area contributed by atoms with Crippen LogP contribution in [0.2, 0.25) is 0 Å². The van der Waals surface area contributed by atoms with E-state index in [1.165, 1.54) is 30.3 Å². The Kier molecular flexibility index (Phi) is 8.35. The summed E-state index contributed by atoms with van der Waals surface area (Å²) in [6.07, 6.45) is -1.28. The molecule has 0 bridgehead atoms. The number of carbonyl (C=O) groups excluding carboxylic acids is 1. The van der Waals surface area contributed by atoms with Crippen LogP contribution in [-0.4, -0.2) is 58.3 Å². The molecule has 3 N–H and O–H groups in total. The topological polar surface area (TPSA) is 99.1 Å². The van der Waals surface area contributed by atoms with Gasteiger partial charge >= 0.3 is 5.97 Å². The van der Waals surface area contributed by atoms with E-state index in [1.807, 2.05) is 4.90 Å². The van der Waals surface area contributed by atoms with Gasteiger partial charge in [0, 0.05) is 31.9 Å². The van der Waals surface area contributed by atoms with Crippen molar-refractivity contribution in [2.24, 2.45) is 0 Å². The third-order valence-electron chi connectivity index (χ3n) is 5.71. The summed E-state index contributed by atoms with van der Waals surface area (Å²) < 4.78 is 32.7. The second-order valence-electron chi connectivity index (χ2n) is 8.29. The lowest BCUT2D eigenvalue weighted by Gasteiger charge is -2.32. The van der Waals surface area contributed by atoms with Gasteiger partial charge in [-0.05, 0) is 43.3 Å². The fourth-order valence-corrected chi connectivity index (χ4v) is 4.19. The summed E-state index contributed by atoms with van der Waals surface area (Å²) in [6, 6.07) is 10.6. The Morgan fingerprint density at radius 2 is 1.85 bits per heavy atom. The summed E-state index contributed by atoms with van der Waals surface area (Å²) in [4.78, 5) is 25.0. The normalized spacial score (nSPS) is 22.3. The molecule has 1 amide bonds. The average molecular weight is 462 g/mol. The molecule has 0 spiro atoms. The van der Waals surface area contributed by atoms with Gasteiger partial charge in [0.15, 0.2) is 0 Å². The fraction of sp³-hybridized carbons (Fsp3) is 0.417. The maximum atomic E-state index is 13.6. The fourth-order valence-electron chi connectivity index (χ4n) is 4.19. The first-order valence-corrected chi connectivity index (χ1v) is 10.8. The van der Waals surface area contributed by atoms with Crippen molar-refractivity contribution >= 4 is 11.9 Å². The van der Waals surface area contributed by atoms with Crippen molar-refractivity contribution in [2.45, 2.75) is 56.5 Å². The highest BCUT2D eigenvalue weighted by molar-refractivity contribution is 5.77. The number of halogens is 2. The number of aliphatic carboxylic acids is 1. The molecule has 0 aliphatic heterocycles. The molecule has 1 aliphatic rings. The number of rotatable bonds is 10. The zero-order valence-electron chi connectivity index (χ0n) is 18.3. The molecule has 2 aromatic rings. The number of likely N-dealkylation sites (N-methyl/N-ethyl adjacent to an activating group) is 1. The van der Waals surface area contributed by atoms with Crippen molar-refractivity contribution in [1.29, 1.82) is 0 Å². The lowest BCUT2D eigenvalue weighted by Crippen LogP contribution is -2.51. The number of carboxylic acid groups (broad SMARTS) is 1. The van der Waals surface area contributed by atoms with E-state index in [0.717, 1.165) is 5.56 Å². The molecule has 2 aromatic carbocycles. The minimum absolute atomic E-state index is 0.0444. The standard InChI is InChI=1S/C24H28F2N2O5/c1-28(14-15-8-10-16(25)11-9-15)23-19(27-21(29)6-3-7-22(30)31)13-20(24(23)32)33-18-5-2-4-17(26)12-18/h2,4-5,8-12,19-20,23-24,32H,3,6-7,13-14H2,1H3,(H,27,29)(H,30,31)/t19-,20-,23+,24+/m1/s1. The van der Waals surface area contributed by atoms with E-state index in [4.69, 9.17) is 9.84 Å². The number of aliphatic hydroxyl groups is 1. The number of carboxylic acids is 1. The number of nitrogens with one attached hydrogen (secondary N) is 1. The number of amides is 1. The molecule has 1 aliphatic carbocycles. The van der Waals surface area contributed by atoms with Crippen LogP contribution < -0.4 is 10.1 Å². The summed E-state index contributed by atoms with van der Waals surface area (Å²) in [5.74, 6) is -1.84. The SMILES string of the molecule is CN(Cc1ccc(F)cc1)[C@@H]1[C@@H](O)[C@H](Oc2cccc(F)c2)C[C@H]1NC(=O)CCCC(=O)O. The Balaban J connectivity index is 1.73. The molecule has 1 fully saturated rings. The van der Waals surface area contributed by atoms with Crippen LogP contribution in [-0.2, 0) is 16.1 Å². The van der Waals surface area contributed by atoms with Crippen LogP contribution in [0.15, 0.2) is 48.5 Å². The van der Waals surface area contributed by atoms with Crippen molar-refractivity contribution in [1.82, 2.24) is 10.2 Å². The van der Waals surface area contributed by atoms with E-state index in [-0.39, 0.29) is 43.2 Å². The summed E-state index contributed by atoms with van der Waals surface area (Å²) in [7, 11) is 1.78. The van der Waals surface area contributed by atoms with Crippen LogP contribution in [0, 0.1) is 11.6 Å². The van der Waals surface area contributed by atoms with E-state index < -0.39 is 36.1 Å². The second-order valence-corrected chi connectivity index (χ2v) is 8.29. The summed E-state index contributed by atoms with van der Waals surface area (Å²) in [6.45, 7) is 0.389. The predicted octanol–water partition coefficient (Wildman–Crippen LogP) is 2.72. The van der Waals surface area contributed by atoms with Crippen LogP contribution in [0.4, 0.5) is 8.78 Å². The van der Waals surface area contributed by atoms with Gasteiger partial charge in [-0.1, -0.05) is 18.2 Å². The van der Waals surface area contributed by atoms with Gasteiger partial charge in [-0.2, -0.15) is 0 Å². The highest BCUT2D eigenvalue weighted by Gasteiger charge is 2.46. The van der Waals surface area contributed by atoms with Crippen molar-refractivity contribution in [3.63, 3.8) is 0 Å². The third-order valence-corrected chi connectivity index (χ3v) is 5.71. The molecule has 0 radical (unpaired) electrons. The molecule has 1 saturated carbocycles. The molecule has 0 saturated heterocycles. The van der Waals surface area contributed by atoms with Gasteiger partial charge in [-0.15, -0.1) is 0 Å². The van der Waals surface area contributed by atoms with Crippen molar-refractivity contribution in [2.75, 3.05) is 7.05 Å². The Bertz CT molecular complexity index is 956. The Morgan fingerprint density at radius 1 is 1.12 bits per heavy atom. The number of hydrogen-bond donors (Lipinski definition) is 3. The van der Waals surface area contributed by atoms with Gasteiger partial charge in [0.2, 0.25) is 5.91 Å². The first kappa shape index (κ1) is 24.6. The minimum Gasteiger partial charge on any atom is -0.487 e. The van der Waals surface area contributed by atoms with Crippen LogP contribution >= 0.6 is 0 Å². The molecule has 3 rings (SSSR count). The predicted molar refractivity (Wildman–Crippen MR) is 117 cm³/mol. The van der Waals surface area contributed by atoms with Crippen molar-refractivity contribution < 1.29 is 33.3 Å². The van der Waals surface area contributed by atoms with E-state index in [0.29, 0.717) is 6.54 Å². The molecule has 178 valence electrons. The first-order valence-electron chi connectivity index (χ1n) is 10.8. The number of hydrogen-bond acceptors (Lipinski definition) is 5. The maximum absolute atomic E-state index is 13.6. The third kappa shape index (κ3) is 6.97. The zero-order chi connectivity index (χ0) is 24.0. The monoisotopic (exact) mass is 462 g/mol. The number of nitrogens with zero attached hydrogens (tertiary/aromatic N) is 1. The van der Waals surface area contributed by atoms with Crippen LogP contribution in [0.5, 0.6) is 5.75 Å². The second kappa shape index (κ2) is 11.2. The molecular weight excluding hydrogens is 434 g/mol. The van der Waals surface area contributed by atoms with E-state index in [9.17, 15) is 23.5 Å². The van der Waals surface area contributed by atoms with E-state index in [1.54, 1.807) is 25.2 Å². The molecule has 9 heteroatoms. The van der Waals surface area contributed by atoms with E-state index >= 15 is 0 Å². The lowest BCUT2D eigenvalue weighted by atomic mass is 10.1. The molecule has 4 atom stereocenters.